The molecule has 0 saturated carbocycles. The van der Waals surface area contributed by atoms with Crippen molar-refractivity contribution in [3.63, 3.8) is 0 Å². The molecule has 0 aromatic heterocycles. The van der Waals surface area contributed by atoms with Crippen molar-refractivity contribution in [1.82, 2.24) is 10.9 Å². The van der Waals surface area contributed by atoms with E-state index < -0.39 is 11.4 Å². The average Bonchev–Trinajstić information content (AvgIpc) is 2.42. The Labute approximate surface area is 135 Å². The van der Waals surface area contributed by atoms with Gasteiger partial charge in [0.1, 0.15) is 6.61 Å². The Bertz CT molecular complexity index is 507. The maximum absolute atomic E-state index is 12.1. The first-order valence-electron chi connectivity index (χ1n) is 7.00. The quantitative estimate of drug-likeness (QED) is 0.608. The Morgan fingerprint density at radius 3 is 2.32 bits per heavy atom. The topological polar surface area (TPSA) is 92.2 Å². The fourth-order valence-corrected chi connectivity index (χ4v) is 2.34. The molecule has 1 amide bonds. The van der Waals surface area contributed by atoms with Gasteiger partial charge in [-0.2, -0.15) is 5.10 Å². The minimum Gasteiger partial charge on any atom is -0.465 e. The number of nitrogens with one attached hydrogen (secondary N) is 2. The summed E-state index contributed by atoms with van der Waals surface area (Å²) in [5.74, 6) is 0.0231. The van der Waals surface area contributed by atoms with E-state index in [9.17, 15) is 9.59 Å². The van der Waals surface area contributed by atoms with E-state index >= 15 is 0 Å². The van der Waals surface area contributed by atoms with E-state index in [1.165, 1.54) is 18.7 Å². The third-order valence-electron chi connectivity index (χ3n) is 3.01. The van der Waals surface area contributed by atoms with Crippen molar-refractivity contribution in [1.29, 1.82) is 0 Å². The van der Waals surface area contributed by atoms with E-state index in [1.54, 1.807) is 13.8 Å². The van der Waals surface area contributed by atoms with Crippen LogP contribution in [0.4, 0.5) is 0 Å². The lowest BCUT2D eigenvalue weighted by molar-refractivity contribution is -0.147. The van der Waals surface area contributed by atoms with Crippen LogP contribution in [0.25, 0.3) is 0 Å². The van der Waals surface area contributed by atoms with Crippen LogP contribution in [0.5, 0.6) is 0 Å². The Balaban J connectivity index is 2.53. The molecule has 2 N–H and O–H groups in total. The number of esters is 1. The molecule has 0 spiro atoms. The molecule has 1 aliphatic heterocycles. The number of amides is 1. The minimum absolute atomic E-state index is 0.0157. The Morgan fingerprint density at radius 2 is 1.86 bits per heavy atom. The van der Waals surface area contributed by atoms with Gasteiger partial charge >= 0.3 is 5.97 Å². The van der Waals surface area contributed by atoms with E-state index in [-0.39, 0.29) is 17.9 Å². The number of carbonyl (C=O) groups excluding carboxylic acids is 2. The highest BCUT2D eigenvalue weighted by Crippen LogP contribution is 2.23. The van der Waals surface area contributed by atoms with Gasteiger partial charge in [0.25, 0.3) is 0 Å². The smallest absolute Gasteiger partial charge is 0.302 e. The second kappa shape index (κ2) is 7.13. The molecule has 0 aromatic rings. The molecule has 7 nitrogen and oxygen atoms in total. The molecule has 0 aromatic carbocycles. The largest absolute Gasteiger partial charge is 0.465 e. The van der Waals surface area contributed by atoms with Gasteiger partial charge in [0.05, 0.1) is 11.1 Å². The van der Waals surface area contributed by atoms with Gasteiger partial charge in [0.2, 0.25) is 11.1 Å². The van der Waals surface area contributed by atoms with Crippen LogP contribution in [-0.2, 0) is 14.3 Å². The number of ether oxygens (including phenoxy) is 1. The molecule has 1 rings (SSSR count). The van der Waals surface area contributed by atoms with Crippen molar-refractivity contribution < 1.29 is 14.3 Å². The summed E-state index contributed by atoms with van der Waals surface area (Å²) in [4.78, 5) is 22.9. The molecule has 22 heavy (non-hydrogen) atoms. The van der Waals surface area contributed by atoms with Crippen LogP contribution in [0.1, 0.15) is 41.5 Å². The number of amidine groups is 1. The van der Waals surface area contributed by atoms with Crippen LogP contribution in [-0.4, -0.2) is 35.1 Å². The van der Waals surface area contributed by atoms with Crippen LogP contribution in [0.15, 0.2) is 10.2 Å². The molecule has 0 fully saturated rings. The van der Waals surface area contributed by atoms with Gasteiger partial charge in [-0.3, -0.25) is 20.4 Å². The molecule has 0 unspecified atom stereocenters. The first-order valence-corrected chi connectivity index (χ1v) is 7.98. The van der Waals surface area contributed by atoms with Crippen molar-refractivity contribution in [2.75, 3.05) is 12.4 Å². The monoisotopic (exact) mass is 328 g/mol. The van der Waals surface area contributed by atoms with Crippen LogP contribution in [0.2, 0.25) is 0 Å². The van der Waals surface area contributed by atoms with Crippen LogP contribution >= 0.6 is 11.8 Å². The normalized spacial score (nSPS) is 15.5. The lowest BCUT2D eigenvalue weighted by atomic mass is 9.91. The van der Waals surface area contributed by atoms with E-state index in [0.717, 1.165) is 11.5 Å². The third-order valence-corrected chi connectivity index (χ3v) is 3.88. The predicted octanol–water partition coefficient (Wildman–Crippen LogP) is 1.70. The fraction of sp³-hybridized carbons (Fsp3) is 0.714. The third kappa shape index (κ3) is 5.67. The second-order valence-corrected chi connectivity index (χ2v) is 7.70. The molecule has 0 atom stereocenters. The number of nitrogens with zero attached hydrogens (tertiary/aromatic N) is 2. The van der Waals surface area contributed by atoms with Gasteiger partial charge in [0, 0.05) is 18.1 Å². The molecule has 124 valence electrons. The lowest BCUT2D eigenvalue weighted by Gasteiger charge is -2.25. The summed E-state index contributed by atoms with van der Waals surface area (Å²) in [6, 6.07) is 0. The number of carbonyl (C=O) groups is 2. The maximum Gasteiger partial charge on any atom is 0.302 e. The molecule has 0 radical (unpaired) electrons. The highest BCUT2D eigenvalue weighted by atomic mass is 32.2. The zero-order valence-electron chi connectivity index (χ0n) is 13.9. The summed E-state index contributed by atoms with van der Waals surface area (Å²) >= 11 is 1.48. The molecular formula is C14H24N4O3S. The Morgan fingerprint density at radius 1 is 1.23 bits per heavy atom. The number of rotatable bonds is 3. The van der Waals surface area contributed by atoms with Gasteiger partial charge < -0.3 is 4.74 Å². The van der Waals surface area contributed by atoms with Gasteiger partial charge in [-0.25, -0.2) is 0 Å². The summed E-state index contributed by atoms with van der Waals surface area (Å²) in [6.45, 7) is 11.0. The summed E-state index contributed by atoms with van der Waals surface area (Å²) in [6.07, 6.45) is 0. The van der Waals surface area contributed by atoms with E-state index in [0.29, 0.717) is 5.17 Å². The van der Waals surface area contributed by atoms with Crippen LogP contribution < -0.4 is 10.9 Å². The Kier molecular flexibility index (Phi) is 5.99. The van der Waals surface area contributed by atoms with Crippen molar-refractivity contribution in [2.24, 2.45) is 21.0 Å². The first-order chi connectivity index (χ1) is 10.0. The number of thioether (sulfide) groups is 1. The minimum atomic E-state index is -0.835. The van der Waals surface area contributed by atoms with Crippen molar-refractivity contribution in [3.05, 3.63) is 0 Å². The maximum atomic E-state index is 12.1. The van der Waals surface area contributed by atoms with Gasteiger partial charge in [0.15, 0.2) is 0 Å². The molecule has 0 aliphatic carbocycles. The number of hydrogen-bond acceptors (Lipinski definition) is 7. The standard InChI is InChI=1S/C14H24N4O3S/c1-9(19)21-8-14(5,6)11(20)16-18-12-17-15-10(7-22-12)13(2,3)4/h7-8H2,1-6H3,(H,16,20)(H,17,18). The zero-order valence-corrected chi connectivity index (χ0v) is 14.8. The van der Waals surface area contributed by atoms with E-state index in [1.807, 2.05) is 0 Å². The van der Waals surface area contributed by atoms with Gasteiger partial charge in [-0.05, 0) is 13.8 Å². The first kappa shape index (κ1) is 18.5. The second-order valence-electron chi connectivity index (χ2n) is 6.73. The highest BCUT2D eigenvalue weighted by molar-refractivity contribution is 8.14. The number of hydrazine groups is 1. The van der Waals surface area contributed by atoms with Gasteiger partial charge in [-0.15, -0.1) is 5.10 Å². The van der Waals surface area contributed by atoms with Crippen molar-refractivity contribution in [2.45, 2.75) is 41.5 Å². The highest BCUT2D eigenvalue weighted by Gasteiger charge is 2.30. The molecule has 0 saturated heterocycles. The summed E-state index contributed by atoms with van der Waals surface area (Å²) < 4.78 is 4.89. The van der Waals surface area contributed by atoms with E-state index in [2.05, 4.69) is 41.8 Å². The zero-order chi connectivity index (χ0) is 17.0. The SMILES string of the molecule is CC(=O)OCC(C)(C)C(=O)NNC1=NN=C(C(C)(C)C)CS1. The molecule has 1 aliphatic rings. The van der Waals surface area contributed by atoms with Crippen molar-refractivity contribution >= 4 is 34.5 Å². The summed E-state index contributed by atoms with van der Waals surface area (Å²) in [7, 11) is 0. The van der Waals surface area contributed by atoms with Crippen molar-refractivity contribution in [3.8, 4) is 0 Å². The van der Waals surface area contributed by atoms with Gasteiger partial charge in [-0.1, -0.05) is 32.5 Å². The molecule has 0 bridgehead atoms. The molecule has 8 heteroatoms. The Hall–Kier alpha value is -1.57. The summed E-state index contributed by atoms with van der Waals surface area (Å²) in [5.41, 5.74) is 5.47. The summed E-state index contributed by atoms with van der Waals surface area (Å²) in [5, 5.41) is 8.78. The predicted molar refractivity (Wildman–Crippen MR) is 88.5 cm³/mol. The molecule has 1 heterocycles. The van der Waals surface area contributed by atoms with Crippen LogP contribution in [0.3, 0.4) is 0 Å². The molecular weight excluding hydrogens is 304 g/mol. The van der Waals surface area contributed by atoms with E-state index in [4.69, 9.17) is 4.74 Å². The van der Waals surface area contributed by atoms with Crippen LogP contribution in [0, 0.1) is 10.8 Å². The lowest BCUT2D eigenvalue weighted by Crippen LogP contribution is -2.49. The number of hydrogen-bond donors (Lipinski definition) is 2. The fourth-order valence-electron chi connectivity index (χ4n) is 1.35. The average molecular weight is 328 g/mol.